The molecule has 0 saturated carbocycles. The first-order valence-corrected chi connectivity index (χ1v) is 16.3. The Kier molecular flexibility index (Phi) is 12.2. The zero-order chi connectivity index (χ0) is 32.2. The standard InChI is InChI=1S/C31H31N5O6S3/c1-5-43-31-35-30(45-36-31)34-27(37)18-44-22-13-11-21(12-14-22)32-29(39)23(33-28(38)19-9-7-6-8-10-19)15-20-16-25(41-3)26(42-4)17-24(20)40-2/h6-17H,5,18H2,1-4H3,(H,32,39)(H,33,38)(H,34,35,36,37)/b23-15-. The van der Waals surface area contributed by atoms with E-state index in [-0.39, 0.29) is 17.4 Å². The molecule has 0 aliphatic heterocycles. The summed E-state index contributed by atoms with van der Waals surface area (Å²) in [4.78, 5) is 44.0. The second-order valence-corrected chi connectivity index (χ2v) is 12.0. The van der Waals surface area contributed by atoms with E-state index < -0.39 is 11.8 Å². The number of nitrogens with one attached hydrogen (secondary N) is 3. The third kappa shape index (κ3) is 9.48. The van der Waals surface area contributed by atoms with Crippen LogP contribution in [0.2, 0.25) is 0 Å². The van der Waals surface area contributed by atoms with E-state index in [0.29, 0.717) is 44.4 Å². The Bertz CT molecular complexity index is 1660. The van der Waals surface area contributed by atoms with Gasteiger partial charge in [0.15, 0.2) is 11.5 Å². The third-order valence-electron chi connectivity index (χ3n) is 5.97. The lowest BCUT2D eigenvalue weighted by Crippen LogP contribution is -2.30. The Balaban J connectivity index is 1.48. The number of hydrogen-bond donors (Lipinski definition) is 3. The van der Waals surface area contributed by atoms with E-state index >= 15 is 0 Å². The molecule has 0 aliphatic carbocycles. The van der Waals surface area contributed by atoms with Crippen LogP contribution in [-0.4, -0.2) is 59.9 Å². The van der Waals surface area contributed by atoms with Gasteiger partial charge in [0.05, 0.1) is 27.1 Å². The Labute approximate surface area is 273 Å². The number of ether oxygens (including phenoxy) is 3. The van der Waals surface area contributed by atoms with Crippen LogP contribution in [0.3, 0.4) is 0 Å². The SMILES string of the molecule is CCSc1nsc(NC(=O)CSc2ccc(NC(=O)/C(=C/c3cc(OC)c(OC)cc3OC)NC(=O)c3ccccc3)cc2)n1. The Morgan fingerprint density at radius 3 is 2.22 bits per heavy atom. The zero-order valence-corrected chi connectivity index (χ0v) is 27.4. The van der Waals surface area contributed by atoms with Gasteiger partial charge in [0.25, 0.3) is 11.8 Å². The van der Waals surface area contributed by atoms with Crippen LogP contribution in [-0.2, 0) is 9.59 Å². The summed E-state index contributed by atoms with van der Waals surface area (Å²) < 4.78 is 20.5. The average molecular weight is 666 g/mol. The Morgan fingerprint density at radius 2 is 1.56 bits per heavy atom. The molecular weight excluding hydrogens is 635 g/mol. The lowest BCUT2D eigenvalue weighted by Gasteiger charge is -2.15. The molecule has 1 heterocycles. The van der Waals surface area contributed by atoms with Crippen molar-refractivity contribution in [3.05, 3.63) is 83.6 Å². The van der Waals surface area contributed by atoms with E-state index in [0.717, 1.165) is 22.2 Å². The molecule has 3 N–H and O–H groups in total. The molecule has 11 nitrogen and oxygen atoms in total. The van der Waals surface area contributed by atoms with Crippen molar-refractivity contribution in [1.29, 1.82) is 0 Å². The van der Waals surface area contributed by atoms with Crippen molar-refractivity contribution < 1.29 is 28.6 Å². The molecule has 3 amide bonds. The highest BCUT2D eigenvalue weighted by Gasteiger charge is 2.18. The number of amides is 3. The van der Waals surface area contributed by atoms with Crippen LogP contribution in [0.25, 0.3) is 6.08 Å². The van der Waals surface area contributed by atoms with Crippen LogP contribution in [0.4, 0.5) is 10.8 Å². The zero-order valence-electron chi connectivity index (χ0n) is 24.9. The molecule has 0 bridgehead atoms. The molecule has 0 aliphatic rings. The highest BCUT2D eigenvalue weighted by Crippen LogP contribution is 2.35. The summed E-state index contributed by atoms with van der Waals surface area (Å²) in [7, 11) is 4.49. The first kappa shape index (κ1) is 33.4. The number of benzene rings is 3. The van der Waals surface area contributed by atoms with E-state index in [4.69, 9.17) is 14.2 Å². The topological polar surface area (TPSA) is 141 Å². The lowest BCUT2D eigenvalue weighted by atomic mass is 10.1. The van der Waals surface area contributed by atoms with Crippen LogP contribution < -0.4 is 30.2 Å². The molecule has 14 heteroatoms. The number of anilines is 2. The second kappa shape index (κ2) is 16.5. The van der Waals surface area contributed by atoms with Gasteiger partial charge in [0.2, 0.25) is 16.2 Å². The largest absolute Gasteiger partial charge is 0.496 e. The summed E-state index contributed by atoms with van der Waals surface area (Å²) in [5, 5.41) is 9.40. The monoisotopic (exact) mass is 665 g/mol. The minimum absolute atomic E-state index is 0.0262. The molecule has 0 fully saturated rings. The minimum atomic E-state index is -0.562. The highest BCUT2D eigenvalue weighted by atomic mass is 32.2. The number of thioether (sulfide) groups is 2. The maximum absolute atomic E-state index is 13.5. The predicted octanol–water partition coefficient (Wildman–Crippen LogP) is 5.82. The fraction of sp³-hybridized carbons (Fsp3) is 0.194. The van der Waals surface area contributed by atoms with Crippen molar-refractivity contribution in [3.8, 4) is 17.2 Å². The van der Waals surface area contributed by atoms with Gasteiger partial charge in [-0.3, -0.25) is 19.7 Å². The third-order valence-corrected chi connectivity index (χ3v) is 8.46. The number of methoxy groups -OCH3 is 3. The smallest absolute Gasteiger partial charge is 0.272 e. The summed E-state index contributed by atoms with van der Waals surface area (Å²) in [5.74, 6) is 1.07. The van der Waals surface area contributed by atoms with Gasteiger partial charge in [0.1, 0.15) is 11.4 Å². The summed E-state index contributed by atoms with van der Waals surface area (Å²) >= 11 is 3.99. The van der Waals surface area contributed by atoms with E-state index in [2.05, 4.69) is 25.3 Å². The molecule has 0 atom stereocenters. The molecule has 1 aromatic heterocycles. The Hall–Kier alpha value is -4.53. The maximum Gasteiger partial charge on any atom is 0.272 e. The van der Waals surface area contributed by atoms with Crippen LogP contribution >= 0.6 is 35.1 Å². The van der Waals surface area contributed by atoms with Crippen molar-refractivity contribution in [3.63, 3.8) is 0 Å². The lowest BCUT2D eigenvalue weighted by molar-refractivity contribution is -0.114. The van der Waals surface area contributed by atoms with Gasteiger partial charge in [-0.25, -0.2) is 0 Å². The summed E-state index contributed by atoms with van der Waals surface area (Å²) in [5.41, 5.74) is 1.32. The molecule has 4 aromatic rings. The number of rotatable bonds is 14. The number of carbonyl (C=O) groups excluding carboxylic acids is 3. The van der Waals surface area contributed by atoms with Crippen LogP contribution in [0.15, 0.2) is 82.5 Å². The molecule has 0 spiro atoms. The fourth-order valence-corrected chi connectivity index (χ4v) is 5.83. The van der Waals surface area contributed by atoms with E-state index in [1.54, 1.807) is 66.7 Å². The first-order chi connectivity index (χ1) is 21.8. The van der Waals surface area contributed by atoms with E-state index in [1.807, 2.05) is 6.92 Å². The minimum Gasteiger partial charge on any atom is -0.496 e. The summed E-state index contributed by atoms with van der Waals surface area (Å²) in [6, 6.07) is 18.8. The molecule has 0 unspecified atom stereocenters. The van der Waals surface area contributed by atoms with Gasteiger partial charge in [-0.1, -0.05) is 36.9 Å². The van der Waals surface area contributed by atoms with Crippen molar-refractivity contribution in [1.82, 2.24) is 14.7 Å². The van der Waals surface area contributed by atoms with Crippen LogP contribution in [0.5, 0.6) is 17.2 Å². The van der Waals surface area contributed by atoms with Crippen molar-refractivity contribution >= 4 is 69.7 Å². The number of carbonyl (C=O) groups is 3. The normalized spacial score (nSPS) is 11.0. The van der Waals surface area contributed by atoms with Gasteiger partial charge in [0, 0.05) is 39.3 Å². The molecule has 234 valence electrons. The maximum atomic E-state index is 13.5. The highest BCUT2D eigenvalue weighted by molar-refractivity contribution is 8.00. The molecule has 4 rings (SSSR count). The van der Waals surface area contributed by atoms with Crippen LogP contribution in [0, 0.1) is 0 Å². The second-order valence-electron chi connectivity index (χ2n) is 8.96. The van der Waals surface area contributed by atoms with Crippen molar-refractivity contribution in [2.75, 3.05) is 43.5 Å². The van der Waals surface area contributed by atoms with Gasteiger partial charge in [-0.2, -0.15) is 9.36 Å². The first-order valence-electron chi connectivity index (χ1n) is 13.5. The average Bonchev–Trinajstić information content (AvgIpc) is 3.50. The fourth-order valence-electron chi connectivity index (χ4n) is 3.85. The number of aromatic nitrogens is 2. The molecule has 45 heavy (non-hydrogen) atoms. The summed E-state index contributed by atoms with van der Waals surface area (Å²) in [6.45, 7) is 2.01. The predicted molar refractivity (Wildman–Crippen MR) is 179 cm³/mol. The van der Waals surface area contributed by atoms with Gasteiger partial charge < -0.3 is 24.8 Å². The Morgan fingerprint density at radius 1 is 0.867 bits per heavy atom. The number of hydrogen-bond acceptors (Lipinski definition) is 11. The number of nitrogens with zero attached hydrogens (tertiary/aromatic N) is 2. The van der Waals surface area contributed by atoms with Crippen molar-refractivity contribution in [2.45, 2.75) is 17.0 Å². The molecule has 0 radical (unpaired) electrons. The molecule has 3 aromatic carbocycles. The quantitative estimate of drug-likeness (QED) is 0.112. The van der Waals surface area contributed by atoms with Gasteiger partial charge >= 0.3 is 0 Å². The van der Waals surface area contributed by atoms with E-state index in [1.165, 1.54) is 50.9 Å². The van der Waals surface area contributed by atoms with Crippen molar-refractivity contribution in [2.24, 2.45) is 0 Å². The molecular formula is C31H31N5O6S3. The van der Waals surface area contributed by atoms with Crippen LogP contribution in [0.1, 0.15) is 22.8 Å². The molecule has 0 saturated heterocycles. The van der Waals surface area contributed by atoms with E-state index in [9.17, 15) is 14.4 Å². The van der Waals surface area contributed by atoms with Gasteiger partial charge in [-0.15, -0.1) is 11.8 Å². The summed E-state index contributed by atoms with van der Waals surface area (Å²) in [6.07, 6.45) is 1.50. The van der Waals surface area contributed by atoms with Gasteiger partial charge in [-0.05, 0) is 54.3 Å².